The quantitative estimate of drug-likeness (QED) is 0.611. The maximum absolute atomic E-state index is 13.1. The van der Waals surface area contributed by atoms with Crippen LogP contribution in [-0.4, -0.2) is 28.1 Å². The molecule has 0 bridgehead atoms. The molecule has 0 saturated carbocycles. The highest BCUT2D eigenvalue weighted by Gasteiger charge is 2.32. The molecule has 29 heavy (non-hydrogen) atoms. The summed E-state index contributed by atoms with van der Waals surface area (Å²) in [6.45, 7) is 6.29. The number of ether oxygens (including phenoxy) is 2. The number of hydrogen-bond acceptors (Lipinski definition) is 6. The predicted octanol–water partition coefficient (Wildman–Crippen LogP) is 4.17. The Morgan fingerprint density at radius 2 is 2.17 bits per heavy atom. The molecule has 0 N–H and O–H groups in total. The average molecular weight is 410 g/mol. The van der Waals surface area contributed by atoms with E-state index < -0.39 is 0 Å². The van der Waals surface area contributed by atoms with E-state index in [1.54, 1.807) is 17.3 Å². The lowest BCUT2D eigenvalue weighted by atomic mass is 10.0. The Morgan fingerprint density at radius 1 is 1.31 bits per heavy atom. The summed E-state index contributed by atoms with van der Waals surface area (Å²) >= 11 is 1.44. The maximum Gasteiger partial charge on any atom is 0.267 e. The molecular formula is C22H23N3O3S. The summed E-state index contributed by atoms with van der Waals surface area (Å²) < 4.78 is 11.9. The molecule has 3 aromatic rings. The third-order valence-corrected chi connectivity index (χ3v) is 5.59. The SMILES string of the molecule is Cc1csc(N(Cc2cccnc2)C(=O)COc2cccc3c2OC(C)(C)C3)n1. The van der Waals surface area contributed by atoms with E-state index in [0.717, 1.165) is 29.0 Å². The van der Waals surface area contributed by atoms with Crippen LogP contribution in [0, 0.1) is 6.92 Å². The first-order valence-electron chi connectivity index (χ1n) is 9.46. The summed E-state index contributed by atoms with van der Waals surface area (Å²) in [6, 6.07) is 9.60. The van der Waals surface area contributed by atoms with Crippen molar-refractivity contribution in [2.45, 2.75) is 39.3 Å². The molecule has 0 spiro atoms. The molecule has 0 saturated heterocycles. The average Bonchev–Trinajstić information content (AvgIpc) is 3.26. The van der Waals surface area contributed by atoms with E-state index in [-0.39, 0.29) is 18.1 Å². The Hall–Kier alpha value is -2.93. The summed E-state index contributed by atoms with van der Waals surface area (Å²) in [6.07, 6.45) is 4.28. The molecule has 4 rings (SSSR count). The second-order valence-corrected chi connectivity index (χ2v) is 8.52. The molecule has 0 fully saturated rings. The van der Waals surface area contributed by atoms with Crippen LogP contribution in [0.4, 0.5) is 5.13 Å². The van der Waals surface area contributed by atoms with E-state index >= 15 is 0 Å². The molecule has 0 atom stereocenters. The Morgan fingerprint density at radius 3 is 2.90 bits per heavy atom. The smallest absolute Gasteiger partial charge is 0.267 e. The highest BCUT2D eigenvalue weighted by atomic mass is 32.1. The van der Waals surface area contributed by atoms with Crippen molar-refractivity contribution in [2.75, 3.05) is 11.5 Å². The van der Waals surface area contributed by atoms with Crippen molar-refractivity contribution in [3.63, 3.8) is 0 Å². The normalized spacial score (nSPS) is 14.2. The number of rotatable bonds is 6. The van der Waals surface area contributed by atoms with Gasteiger partial charge in [0.05, 0.1) is 12.2 Å². The number of nitrogens with zero attached hydrogens (tertiary/aromatic N) is 3. The number of carbonyl (C=O) groups is 1. The molecule has 2 aromatic heterocycles. The first-order chi connectivity index (χ1) is 13.9. The minimum absolute atomic E-state index is 0.0981. The van der Waals surface area contributed by atoms with Gasteiger partial charge in [-0.3, -0.25) is 14.7 Å². The zero-order valence-corrected chi connectivity index (χ0v) is 17.5. The molecule has 6 nitrogen and oxygen atoms in total. The van der Waals surface area contributed by atoms with Crippen LogP contribution in [0.5, 0.6) is 11.5 Å². The fourth-order valence-electron chi connectivity index (χ4n) is 3.32. The summed E-state index contributed by atoms with van der Waals surface area (Å²) in [7, 11) is 0. The fourth-order valence-corrected chi connectivity index (χ4v) is 4.14. The summed E-state index contributed by atoms with van der Waals surface area (Å²) in [5.74, 6) is 1.16. The van der Waals surface area contributed by atoms with Gasteiger partial charge in [0.1, 0.15) is 5.60 Å². The maximum atomic E-state index is 13.1. The van der Waals surface area contributed by atoms with Crippen molar-refractivity contribution in [3.8, 4) is 11.5 Å². The Balaban J connectivity index is 1.51. The number of pyridine rings is 1. The second kappa shape index (κ2) is 7.83. The van der Waals surface area contributed by atoms with Gasteiger partial charge in [-0.25, -0.2) is 4.98 Å². The van der Waals surface area contributed by atoms with E-state index in [1.165, 1.54) is 11.3 Å². The van der Waals surface area contributed by atoms with Crippen molar-refractivity contribution in [2.24, 2.45) is 0 Å². The van der Waals surface area contributed by atoms with Gasteiger partial charge in [-0.2, -0.15) is 0 Å². The summed E-state index contributed by atoms with van der Waals surface area (Å²) in [4.78, 5) is 23.3. The number of carbonyl (C=O) groups excluding carboxylic acids is 1. The minimum atomic E-state index is -0.267. The van der Waals surface area contributed by atoms with Crippen LogP contribution < -0.4 is 14.4 Å². The van der Waals surface area contributed by atoms with Gasteiger partial charge in [0.15, 0.2) is 23.2 Å². The number of hydrogen-bond donors (Lipinski definition) is 0. The summed E-state index contributed by atoms with van der Waals surface area (Å²) in [5, 5.41) is 2.58. The molecular weight excluding hydrogens is 386 g/mol. The van der Waals surface area contributed by atoms with Crippen molar-refractivity contribution in [1.82, 2.24) is 9.97 Å². The topological polar surface area (TPSA) is 64.6 Å². The van der Waals surface area contributed by atoms with E-state index in [0.29, 0.717) is 17.4 Å². The zero-order valence-electron chi connectivity index (χ0n) is 16.7. The molecule has 0 radical (unpaired) electrons. The van der Waals surface area contributed by atoms with Crippen LogP contribution in [0.25, 0.3) is 0 Å². The van der Waals surface area contributed by atoms with Gasteiger partial charge < -0.3 is 9.47 Å². The number of aryl methyl sites for hydroxylation is 1. The highest BCUT2D eigenvalue weighted by Crippen LogP contribution is 2.41. The van der Waals surface area contributed by atoms with Gasteiger partial charge in [-0.15, -0.1) is 11.3 Å². The molecule has 3 heterocycles. The van der Waals surface area contributed by atoms with Crippen molar-refractivity contribution < 1.29 is 14.3 Å². The third-order valence-electron chi connectivity index (χ3n) is 4.61. The van der Waals surface area contributed by atoms with Crippen LogP contribution in [0.3, 0.4) is 0 Å². The monoisotopic (exact) mass is 409 g/mol. The molecule has 1 aromatic carbocycles. The number of para-hydroxylation sites is 1. The van der Waals surface area contributed by atoms with Crippen molar-refractivity contribution in [1.29, 1.82) is 0 Å². The first kappa shape index (κ1) is 19.4. The van der Waals surface area contributed by atoms with Gasteiger partial charge in [0.2, 0.25) is 0 Å². The molecule has 7 heteroatoms. The summed E-state index contributed by atoms with van der Waals surface area (Å²) in [5.41, 5.74) is 2.64. The molecule has 0 aliphatic carbocycles. The predicted molar refractivity (Wildman–Crippen MR) is 113 cm³/mol. The number of benzene rings is 1. The highest BCUT2D eigenvalue weighted by molar-refractivity contribution is 7.14. The standard InChI is InChI=1S/C22H23N3O3S/c1-15-14-29-21(24-15)25(12-16-6-5-9-23-11-16)19(26)13-27-18-8-4-7-17-10-22(2,3)28-20(17)18/h4-9,11,14H,10,12-13H2,1-3H3. The molecule has 1 amide bonds. The van der Waals surface area contributed by atoms with Crippen molar-refractivity contribution in [3.05, 3.63) is 64.9 Å². The lowest BCUT2D eigenvalue weighted by molar-refractivity contribution is -0.120. The molecule has 0 unspecified atom stereocenters. The van der Waals surface area contributed by atoms with Crippen molar-refractivity contribution >= 4 is 22.4 Å². The van der Waals surface area contributed by atoms with E-state index in [2.05, 4.69) is 9.97 Å². The minimum Gasteiger partial charge on any atom is -0.483 e. The Labute approximate surface area is 174 Å². The van der Waals surface area contributed by atoms with Gasteiger partial charge in [0.25, 0.3) is 5.91 Å². The number of aromatic nitrogens is 2. The van der Waals surface area contributed by atoms with Crippen LogP contribution in [0.2, 0.25) is 0 Å². The molecule has 1 aliphatic heterocycles. The third kappa shape index (κ3) is 4.40. The zero-order chi connectivity index (χ0) is 20.4. The first-order valence-corrected chi connectivity index (χ1v) is 10.3. The van der Waals surface area contributed by atoms with E-state index in [1.807, 2.05) is 56.5 Å². The van der Waals surface area contributed by atoms with Gasteiger partial charge in [0, 0.05) is 29.8 Å². The number of fused-ring (bicyclic) bond motifs is 1. The van der Waals surface area contributed by atoms with Crippen LogP contribution in [-0.2, 0) is 17.8 Å². The van der Waals surface area contributed by atoms with Crippen LogP contribution in [0.1, 0.15) is 30.7 Å². The van der Waals surface area contributed by atoms with E-state index in [9.17, 15) is 4.79 Å². The number of amides is 1. The molecule has 150 valence electrons. The van der Waals surface area contributed by atoms with Crippen LogP contribution in [0.15, 0.2) is 48.1 Å². The van der Waals surface area contributed by atoms with Gasteiger partial charge in [-0.1, -0.05) is 18.2 Å². The Kier molecular flexibility index (Phi) is 5.24. The van der Waals surface area contributed by atoms with Gasteiger partial charge >= 0.3 is 0 Å². The lowest BCUT2D eigenvalue weighted by Crippen LogP contribution is -2.34. The number of anilines is 1. The lowest BCUT2D eigenvalue weighted by Gasteiger charge is -2.21. The molecule has 1 aliphatic rings. The van der Waals surface area contributed by atoms with Crippen LogP contribution >= 0.6 is 11.3 Å². The largest absolute Gasteiger partial charge is 0.483 e. The van der Waals surface area contributed by atoms with Gasteiger partial charge in [-0.05, 0) is 38.5 Å². The Bertz CT molecular complexity index is 1020. The van der Waals surface area contributed by atoms with E-state index in [4.69, 9.17) is 9.47 Å². The number of thiazole rings is 1. The second-order valence-electron chi connectivity index (χ2n) is 7.68. The fraction of sp³-hybridized carbons (Fsp3) is 0.318.